The predicted octanol–water partition coefficient (Wildman–Crippen LogP) is 3.21. The summed E-state index contributed by atoms with van der Waals surface area (Å²) in [5, 5.41) is 5.29. The molecule has 2 aromatic rings. The summed E-state index contributed by atoms with van der Waals surface area (Å²) < 4.78 is 4.80. The first kappa shape index (κ1) is 15.5. The number of aryl methyl sites for hydroxylation is 1. The maximum Gasteiger partial charge on any atom is 0.411 e. The lowest BCUT2D eigenvalue weighted by Crippen LogP contribution is -2.16. The molecule has 0 aliphatic rings. The summed E-state index contributed by atoms with van der Waals surface area (Å²) in [5.41, 5.74) is 1.78. The molecule has 2 amide bonds. The molecule has 1 aromatic carbocycles. The molecular weight excluding hydrogens is 282 g/mol. The quantitative estimate of drug-likeness (QED) is 0.908. The number of nitrogens with zero attached hydrogens (tertiary/aromatic N) is 1. The molecule has 0 saturated carbocycles. The fraction of sp³-hybridized carbons (Fsp3) is 0.188. The molecular formula is C16H17N3O3. The largest absolute Gasteiger partial charge is 0.450 e. The zero-order valence-corrected chi connectivity index (χ0v) is 12.4. The van der Waals surface area contributed by atoms with E-state index in [2.05, 4.69) is 15.6 Å². The molecule has 0 saturated heterocycles. The highest BCUT2D eigenvalue weighted by atomic mass is 16.5. The van der Waals surface area contributed by atoms with E-state index in [4.69, 9.17) is 4.74 Å². The van der Waals surface area contributed by atoms with Crippen molar-refractivity contribution in [3.8, 4) is 0 Å². The minimum absolute atomic E-state index is 0.283. The van der Waals surface area contributed by atoms with Crippen LogP contribution in [0.2, 0.25) is 0 Å². The summed E-state index contributed by atoms with van der Waals surface area (Å²) in [5.74, 6) is 0.213. The van der Waals surface area contributed by atoms with Crippen molar-refractivity contribution in [1.29, 1.82) is 0 Å². The van der Waals surface area contributed by atoms with Crippen LogP contribution in [-0.2, 0) is 4.74 Å². The molecule has 2 rings (SSSR count). The van der Waals surface area contributed by atoms with Crippen molar-refractivity contribution in [3.05, 3.63) is 53.7 Å². The maximum atomic E-state index is 12.2. The van der Waals surface area contributed by atoms with Crippen LogP contribution in [0, 0.1) is 6.92 Å². The Hall–Kier alpha value is -2.89. The standard InChI is InChI=1S/C16H17N3O3/c1-3-22-16(21)18-13-8-4-7-12(10-13)15(20)19-14-11(2)6-5-9-17-14/h4-10H,3H2,1-2H3,(H,18,21)(H,17,19,20). The lowest BCUT2D eigenvalue weighted by molar-refractivity contribution is 0.102. The van der Waals surface area contributed by atoms with E-state index in [9.17, 15) is 9.59 Å². The number of pyridine rings is 1. The number of rotatable bonds is 4. The third kappa shape index (κ3) is 4.05. The molecule has 22 heavy (non-hydrogen) atoms. The molecule has 0 bridgehead atoms. The zero-order chi connectivity index (χ0) is 15.9. The first-order valence-electron chi connectivity index (χ1n) is 6.87. The average molecular weight is 299 g/mol. The van der Waals surface area contributed by atoms with Gasteiger partial charge in [0.05, 0.1) is 6.61 Å². The van der Waals surface area contributed by atoms with Crippen LogP contribution in [0.1, 0.15) is 22.8 Å². The van der Waals surface area contributed by atoms with E-state index >= 15 is 0 Å². The summed E-state index contributed by atoms with van der Waals surface area (Å²) >= 11 is 0. The molecule has 0 aliphatic carbocycles. The van der Waals surface area contributed by atoms with Crippen molar-refractivity contribution in [1.82, 2.24) is 4.98 Å². The SMILES string of the molecule is CCOC(=O)Nc1cccc(C(=O)Nc2ncccc2C)c1. The summed E-state index contributed by atoms with van der Waals surface area (Å²) in [7, 11) is 0. The molecule has 0 fully saturated rings. The number of carbonyl (C=O) groups is 2. The molecule has 1 heterocycles. The van der Waals surface area contributed by atoms with Crippen molar-refractivity contribution in [2.45, 2.75) is 13.8 Å². The second kappa shape index (κ2) is 7.21. The van der Waals surface area contributed by atoms with Gasteiger partial charge in [0.25, 0.3) is 5.91 Å². The number of hydrogen-bond donors (Lipinski definition) is 2. The van der Waals surface area contributed by atoms with E-state index in [0.717, 1.165) is 5.56 Å². The van der Waals surface area contributed by atoms with Crippen LogP contribution in [0.15, 0.2) is 42.6 Å². The Kier molecular flexibility index (Phi) is 5.08. The highest BCUT2D eigenvalue weighted by Gasteiger charge is 2.10. The van der Waals surface area contributed by atoms with Crippen LogP contribution in [0.4, 0.5) is 16.3 Å². The molecule has 1 aromatic heterocycles. The summed E-state index contributed by atoms with van der Waals surface area (Å²) in [6, 6.07) is 10.3. The van der Waals surface area contributed by atoms with Crippen LogP contribution >= 0.6 is 0 Å². The van der Waals surface area contributed by atoms with E-state index in [1.807, 2.05) is 13.0 Å². The van der Waals surface area contributed by atoms with Gasteiger partial charge in [0.15, 0.2) is 0 Å². The monoisotopic (exact) mass is 299 g/mol. The van der Waals surface area contributed by atoms with E-state index in [0.29, 0.717) is 17.1 Å². The second-order valence-corrected chi connectivity index (χ2v) is 4.55. The van der Waals surface area contributed by atoms with Crippen LogP contribution in [0.25, 0.3) is 0 Å². The number of amides is 2. The van der Waals surface area contributed by atoms with Crippen molar-refractivity contribution in [2.75, 3.05) is 17.2 Å². The molecule has 0 radical (unpaired) electrons. The number of benzene rings is 1. The summed E-state index contributed by atoms with van der Waals surface area (Å²) in [4.78, 5) is 27.7. The Morgan fingerprint density at radius 2 is 2.00 bits per heavy atom. The molecule has 6 heteroatoms. The fourth-order valence-corrected chi connectivity index (χ4v) is 1.82. The van der Waals surface area contributed by atoms with Gasteiger partial charge in [-0.25, -0.2) is 9.78 Å². The number of aromatic nitrogens is 1. The van der Waals surface area contributed by atoms with Gasteiger partial charge in [-0.05, 0) is 43.7 Å². The summed E-state index contributed by atoms with van der Waals surface area (Å²) in [6.45, 7) is 3.87. The normalized spacial score (nSPS) is 9.91. The van der Waals surface area contributed by atoms with E-state index in [1.165, 1.54) is 0 Å². The Labute approximate surface area is 128 Å². The van der Waals surface area contributed by atoms with Gasteiger partial charge >= 0.3 is 6.09 Å². The van der Waals surface area contributed by atoms with Crippen LogP contribution in [-0.4, -0.2) is 23.6 Å². The smallest absolute Gasteiger partial charge is 0.411 e. The number of ether oxygens (including phenoxy) is 1. The minimum Gasteiger partial charge on any atom is -0.450 e. The number of carbonyl (C=O) groups excluding carboxylic acids is 2. The van der Waals surface area contributed by atoms with Gasteiger partial charge in [0.2, 0.25) is 0 Å². The van der Waals surface area contributed by atoms with Gasteiger partial charge < -0.3 is 10.1 Å². The second-order valence-electron chi connectivity index (χ2n) is 4.55. The average Bonchev–Trinajstić information content (AvgIpc) is 2.50. The van der Waals surface area contributed by atoms with Crippen molar-refractivity contribution in [2.24, 2.45) is 0 Å². The molecule has 114 valence electrons. The molecule has 0 aliphatic heterocycles. The maximum absolute atomic E-state index is 12.2. The van der Waals surface area contributed by atoms with Crippen LogP contribution in [0.5, 0.6) is 0 Å². The Morgan fingerprint density at radius 3 is 2.73 bits per heavy atom. The zero-order valence-electron chi connectivity index (χ0n) is 12.4. The van der Waals surface area contributed by atoms with Gasteiger partial charge in [-0.1, -0.05) is 12.1 Å². The minimum atomic E-state index is -0.555. The fourth-order valence-electron chi connectivity index (χ4n) is 1.82. The van der Waals surface area contributed by atoms with E-state index in [1.54, 1.807) is 43.5 Å². The number of nitrogens with one attached hydrogen (secondary N) is 2. The molecule has 2 N–H and O–H groups in total. The topological polar surface area (TPSA) is 80.3 Å². The third-order valence-corrected chi connectivity index (χ3v) is 2.89. The highest BCUT2D eigenvalue weighted by molar-refractivity contribution is 6.05. The summed E-state index contributed by atoms with van der Waals surface area (Å²) in [6.07, 6.45) is 1.06. The van der Waals surface area contributed by atoms with Crippen molar-refractivity contribution >= 4 is 23.5 Å². The molecule has 0 unspecified atom stereocenters. The Bertz CT molecular complexity index is 686. The predicted molar refractivity (Wildman–Crippen MR) is 84.0 cm³/mol. The van der Waals surface area contributed by atoms with Gasteiger partial charge in [-0.2, -0.15) is 0 Å². The molecule has 0 spiro atoms. The van der Waals surface area contributed by atoms with E-state index < -0.39 is 6.09 Å². The Morgan fingerprint density at radius 1 is 1.18 bits per heavy atom. The highest BCUT2D eigenvalue weighted by Crippen LogP contribution is 2.14. The van der Waals surface area contributed by atoms with Crippen molar-refractivity contribution < 1.29 is 14.3 Å². The van der Waals surface area contributed by atoms with E-state index in [-0.39, 0.29) is 12.5 Å². The first-order valence-corrected chi connectivity index (χ1v) is 6.87. The molecule has 0 atom stereocenters. The van der Waals surface area contributed by atoms with Gasteiger partial charge in [0.1, 0.15) is 5.82 Å². The van der Waals surface area contributed by atoms with Crippen LogP contribution < -0.4 is 10.6 Å². The van der Waals surface area contributed by atoms with Gasteiger partial charge in [-0.15, -0.1) is 0 Å². The number of hydrogen-bond acceptors (Lipinski definition) is 4. The lowest BCUT2D eigenvalue weighted by atomic mass is 10.2. The van der Waals surface area contributed by atoms with Crippen LogP contribution in [0.3, 0.4) is 0 Å². The Balaban J connectivity index is 2.10. The van der Waals surface area contributed by atoms with Gasteiger partial charge in [-0.3, -0.25) is 10.1 Å². The van der Waals surface area contributed by atoms with Crippen molar-refractivity contribution in [3.63, 3.8) is 0 Å². The molecule has 6 nitrogen and oxygen atoms in total. The lowest BCUT2D eigenvalue weighted by Gasteiger charge is -2.09. The number of anilines is 2. The first-order chi connectivity index (χ1) is 10.6. The third-order valence-electron chi connectivity index (χ3n) is 2.89. The van der Waals surface area contributed by atoms with Gasteiger partial charge in [0, 0.05) is 17.4 Å².